The van der Waals surface area contributed by atoms with Crippen molar-refractivity contribution in [1.82, 2.24) is 5.32 Å². The predicted molar refractivity (Wildman–Crippen MR) is 96.8 cm³/mol. The molecule has 2 aromatic rings. The molecule has 0 aromatic heterocycles. The molecular weight excluding hydrogens is 338 g/mol. The Hall–Kier alpha value is -3.09. The molecule has 2 aromatic carbocycles. The molecule has 0 bridgehead atoms. The summed E-state index contributed by atoms with van der Waals surface area (Å²) in [5, 5.41) is 2.85. The first-order valence-electron chi connectivity index (χ1n) is 7.87. The lowest BCUT2D eigenvalue weighted by Gasteiger charge is -2.15. The van der Waals surface area contributed by atoms with Crippen LogP contribution in [0, 0.1) is 0 Å². The van der Waals surface area contributed by atoms with Crippen LogP contribution >= 0.6 is 0 Å². The van der Waals surface area contributed by atoms with Gasteiger partial charge in [0.25, 0.3) is 5.91 Å². The van der Waals surface area contributed by atoms with Gasteiger partial charge in [0.05, 0.1) is 41.1 Å². The second-order valence-electron chi connectivity index (χ2n) is 5.29. The first kappa shape index (κ1) is 19.2. The molecule has 0 atom stereocenters. The van der Waals surface area contributed by atoms with Crippen LogP contribution in [0.2, 0.25) is 0 Å². The third-order valence-corrected chi connectivity index (χ3v) is 3.81. The third-order valence-electron chi connectivity index (χ3n) is 3.81. The Kier molecular flexibility index (Phi) is 6.54. The highest BCUT2D eigenvalue weighted by atomic mass is 16.5. The number of carbonyl (C=O) groups excluding carboxylic acids is 1. The molecule has 26 heavy (non-hydrogen) atoms. The number of methoxy groups -OCH3 is 5. The lowest BCUT2D eigenvalue weighted by Crippen LogP contribution is -2.23. The van der Waals surface area contributed by atoms with E-state index in [1.807, 2.05) is 12.1 Å². The van der Waals surface area contributed by atoms with Crippen molar-refractivity contribution < 1.29 is 28.5 Å². The fourth-order valence-electron chi connectivity index (χ4n) is 2.53. The number of benzene rings is 2. The minimum absolute atomic E-state index is 0.296. The Morgan fingerprint density at radius 3 is 1.92 bits per heavy atom. The second-order valence-corrected chi connectivity index (χ2v) is 5.29. The summed E-state index contributed by atoms with van der Waals surface area (Å²) >= 11 is 0. The van der Waals surface area contributed by atoms with Gasteiger partial charge < -0.3 is 29.0 Å². The van der Waals surface area contributed by atoms with Gasteiger partial charge in [0, 0.05) is 12.6 Å². The summed E-state index contributed by atoms with van der Waals surface area (Å²) < 4.78 is 26.4. The first-order chi connectivity index (χ1) is 12.6. The normalized spacial score (nSPS) is 10.0. The smallest absolute Gasteiger partial charge is 0.255 e. The summed E-state index contributed by atoms with van der Waals surface area (Å²) in [4.78, 5) is 12.6. The van der Waals surface area contributed by atoms with E-state index in [0.717, 1.165) is 5.56 Å². The molecule has 0 aliphatic rings. The number of ether oxygens (including phenoxy) is 5. The van der Waals surface area contributed by atoms with Crippen molar-refractivity contribution >= 4 is 5.91 Å². The van der Waals surface area contributed by atoms with Crippen molar-refractivity contribution in [3.8, 4) is 28.7 Å². The quantitative estimate of drug-likeness (QED) is 0.779. The summed E-state index contributed by atoms with van der Waals surface area (Å²) in [6, 6.07) is 8.71. The Labute approximate surface area is 152 Å². The Morgan fingerprint density at radius 1 is 0.808 bits per heavy atom. The van der Waals surface area contributed by atoms with E-state index in [0.29, 0.717) is 40.9 Å². The van der Waals surface area contributed by atoms with Crippen LogP contribution in [0.15, 0.2) is 30.3 Å². The summed E-state index contributed by atoms with van der Waals surface area (Å²) in [5.41, 5.74) is 1.19. The van der Waals surface area contributed by atoms with Crippen LogP contribution < -0.4 is 29.0 Å². The Bertz CT molecular complexity index is 753. The number of hydrogen-bond acceptors (Lipinski definition) is 6. The van der Waals surface area contributed by atoms with E-state index in [1.165, 1.54) is 21.3 Å². The van der Waals surface area contributed by atoms with Crippen LogP contribution in [0.1, 0.15) is 15.9 Å². The molecule has 1 N–H and O–H groups in total. The van der Waals surface area contributed by atoms with Crippen molar-refractivity contribution in [2.24, 2.45) is 0 Å². The van der Waals surface area contributed by atoms with Crippen molar-refractivity contribution in [3.63, 3.8) is 0 Å². The molecule has 0 radical (unpaired) electrons. The van der Waals surface area contributed by atoms with Crippen molar-refractivity contribution in [1.29, 1.82) is 0 Å². The fourth-order valence-corrected chi connectivity index (χ4v) is 2.53. The largest absolute Gasteiger partial charge is 0.497 e. The fraction of sp³-hybridized carbons (Fsp3) is 0.316. The molecule has 1 amide bonds. The molecule has 2 rings (SSSR count). The highest BCUT2D eigenvalue weighted by molar-refractivity contribution is 5.98. The van der Waals surface area contributed by atoms with Gasteiger partial charge in [-0.2, -0.15) is 0 Å². The zero-order chi connectivity index (χ0) is 19.1. The number of hydrogen-bond donors (Lipinski definition) is 1. The molecule has 0 aliphatic heterocycles. The third kappa shape index (κ3) is 4.11. The molecule has 0 saturated heterocycles. The maximum absolute atomic E-state index is 12.6. The minimum atomic E-state index is -0.301. The van der Waals surface area contributed by atoms with Crippen LogP contribution in [0.3, 0.4) is 0 Å². The maximum Gasteiger partial charge on any atom is 0.255 e. The van der Waals surface area contributed by atoms with Crippen LogP contribution in [-0.2, 0) is 6.54 Å². The van der Waals surface area contributed by atoms with E-state index < -0.39 is 0 Å². The molecule has 0 spiro atoms. The average Bonchev–Trinajstić information content (AvgIpc) is 2.70. The molecule has 0 unspecified atom stereocenters. The predicted octanol–water partition coefficient (Wildman–Crippen LogP) is 2.66. The van der Waals surface area contributed by atoms with Crippen LogP contribution in [0.4, 0.5) is 0 Å². The lowest BCUT2D eigenvalue weighted by molar-refractivity contribution is 0.0947. The van der Waals surface area contributed by atoms with E-state index >= 15 is 0 Å². The lowest BCUT2D eigenvalue weighted by atomic mass is 10.1. The van der Waals surface area contributed by atoms with E-state index in [1.54, 1.807) is 32.4 Å². The van der Waals surface area contributed by atoms with Gasteiger partial charge in [-0.15, -0.1) is 0 Å². The molecule has 7 heteroatoms. The molecule has 7 nitrogen and oxygen atoms in total. The van der Waals surface area contributed by atoms with Gasteiger partial charge in [-0.25, -0.2) is 0 Å². The van der Waals surface area contributed by atoms with E-state index in [-0.39, 0.29) is 5.91 Å². The number of carbonyl (C=O) groups is 1. The van der Waals surface area contributed by atoms with Gasteiger partial charge in [0.2, 0.25) is 5.75 Å². The topological polar surface area (TPSA) is 75.3 Å². The standard InChI is InChI=1S/C19H23NO6/c1-22-13-8-12(9-14(10-13)23-2)11-20-19(21)15-6-7-16(24-3)18(26-5)17(15)25-4/h6-10H,11H2,1-5H3,(H,20,21). The van der Waals surface area contributed by atoms with Gasteiger partial charge in [-0.05, 0) is 29.8 Å². The monoisotopic (exact) mass is 361 g/mol. The van der Waals surface area contributed by atoms with Crippen molar-refractivity contribution in [2.75, 3.05) is 35.5 Å². The Morgan fingerprint density at radius 2 is 1.42 bits per heavy atom. The van der Waals surface area contributed by atoms with Crippen LogP contribution in [0.25, 0.3) is 0 Å². The number of rotatable bonds is 8. The van der Waals surface area contributed by atoms with Gasteiger partial charge in [-0.3, -0.25) is 4.79 Å². The molecular formula is C19H23NO6. The number of amides is 1. The highest BCUT2D eigenvalue weighted by Crippen LogP contribution is 2.39. The van der Waals surface area contributed by atoms with Gasteiger partial charge in [0.1, 0.15) is 11.5 Å². The zero-order valence-electron chi connectivity index (χ0n) is 15.5. The summed E-state index contributed by atoms with van der Waals surface area (Å²) in [6.45, 7) is 0.296. The van der Waals surface area contributed by atoms with Gasteiger partial charge in [-0.1, -0.05) is 0 Å². The summed E-state index contributed by atoms with van der Waals surface area (Å²) in [6.07, 6.45) is 0. The molecule has 140 valence electrons. The number of nitrogens with one attached hydrogen (secondary N) is 1. The van der Waals surface area contributed by atoms with Gasteiger partial charge >= 0.3 is 0 Å². The zero-order valence-corrected chi connectivity index (χ0v) is 15.5. The van der Waals surface area contributed by atoms with E-state index in [2.05, 4.69) is 5.32 Å². The van der Waals surface area contributed by atoms with E-state index in [4.69, 9.17) is 23.7 Å². The van der Waals surface area contributed by atoms with Crippen LogP contribution in [0.5, 0.6) is 28.7 Å². The summed E-state index contributed by atoms with van der Waals surface area (Å²) in [7, 11) is 7.63. The van der Waals surface area contributed by atoms with Gasteiger partial charge in [0.15, 0.2) is 11.5 Å². The highest BCUT2D eigenvalue weighted by Gasteiger charge is 2.20. The van der Waals surface area contributed by atoms with Crippen LogP contribution in [-0.4, -0.2) is 41.5 Å². The average molecular weight is 361 g/mol. The van der Waals surface area contributed by atoms with Crippen molar-refractivity contribution in [2.45, 2.75) is 6.54 Å². The maximum atomic E-state index is 12.6. The second kappa shape index (κ2) is 8.84. The molecule has 0 saturated carbocycles. The minimum Gasteiger partial charge on any atom is -0.497 e. The Balaban J connectivity index is 2.23. The molecule has 0 aliphatic carbocycles. The molecule has 0 heterocycles. The summed E-state index contributed by atoms with van der Waals surface area (Å²) in [5.74, 6) is 2.16. The SMILES string of the molecule is COc1cc(CNC(=O)c2ccc(OC)c(OC)c2OC)cc(OC)c1. The first-order valence-corrected chi connectivity index (χ1v) is 7.87. The molecule has 0 fully saturated rings. The van der Waals surface area contributed by atoms with Crippen molar-refractivity contribution in [3.05, 3.63) is 41.5 Å². The van der Waals surface area contributed by atoms with E-state index in [9.17, 15) is 4.79 Å².